The molecule has 1 fully saturated rings. The highest BCUT2D eigenvalue weighted by molar-refractivity contribution is 7.95. The molecule has 1 saturated heterocycles. The van der Waals surface area contributed by atoms with E-state index in [0.29, 0.717) is 31.1 Å². The van der Waals surface area contributed by atoms with Crippen LogP contribution >= 0.6 is 36.2 Å². The summed E-state index contributed by atoms with van der Waals surface area (Å²) in [7, 11) is -7.83. The Morgan fingerprint density at radius 2 is 1.64 bits per heavy atom. The van der Waals surface area contributed by atoms with Crippen LogP contribution in [0.1, 0.15) is 18.2 Å². The Labute approximate surface area is 211 Å². The highest BCUT2D eigenvalue weighted by Crippen LogP contribution is 2.32. The summed E-state index contributed by atoms with van der Waals surface area (Å²) in [6.07, 6.45) is 0.770. The molecule has 0 unspecified atom stereocenters. The van der Waals surface area contributed by atoms with Crippen LogP contribution in [0.5, 0.6) is 0 Å². The van der Waals surface area contributed by atoms with E-state index in [9.17, 15) is 21.6 Å². The van der Waals surface area contributed by atoms with Crippen molar-refractivity contribution < 1.29 is 21.6 Å². The van der Waals surface area contributed by atoms with Crippen molar-refractivity contribution >= 4 is 61.7 Å². The molecule has 186 valence electrons. The first-order chi connectivity index (χ1) is 14.6. The molecular weight excluding hydrogens is 529 g/mol. The predicted octanol–water partition coefficient (Wildman–Crippen LogP) is 2.21. The Morgan fingerprint density at radius 3 is 2.24 bits per heavy atom. The fourth-order valence-electron chi connectivity index (χ4n) is 3.52. The number of hydrogen-bond acceptors (Lipinski definition) is 8. The van der Waals surface area contributed by atoms with Crippen molar-refractivity contribution in [2.45, 2.75) is 33.9 Å². The molecule has 0 radical (unpaired) electrons. The number of carbonyl (C=O) groups is 1. The third-order valence-electron chi connectivity index (χ3n) is 5.29. The van der Waals surface area contributed by atoms with Gasteiger partial charge >= 0.3 is 0 Å². The van der Waals surface area contributed by atoms with Gasteiger partial charge in [-0.05, 0) is 37.2 Å². The summed E-state index contributed by atoms with van der Waals surface area (Å²) in [4.78, 5) is 15.7. The molecule has 0 aliphatic carbocycles. The highest BCUT2D eigenvalue weighted by Gasteiger charge is 2.29. The smallest absolute Gasteiger partial charge is 0.219 e. The minimum Gasteiger partial charge on any atom is -0.342 e. The number of amides is 1. The highest BCUT2D eigenvalue weighted by atomic mass is 35.5. The number of benzene rings is 1. The third kappa shape index (κ3) is 7.14. The topological polar surface area (TPSA) is 118 Å². The van der Waals surface area contributed by atoms with Crippen molar-refractivity contribution in [3.8, 4) is 0 Å². The van der Waals surface area contributed by atoms with Crippen LogP contribution in [0, 0.1) is 0 Å². The van der Waals surface area contributed by atoms with Crippen molar-refractivity contribution in [1.82, 2.24) is 9.80 Å². The monoisotopic (exact) mass is 557 g/mol. The summed E-state index contributed by atoms with van der Waals surface area (Å²) in [6.45, 7) is 4.52. The molecule has 0 bridgehead atoms. The summed E-state index contributed by atoms with van der Waals surface area (Å²) in [5, 5.41) is 0. The van der Waals surface area contributed by atoms with Gasteiger partial charge in [0.1, 0.15) is 4.21 Å². The van der Waals surface area contributed by atoms with Crippen LogP contribution in [-0.4, -0.2) is 71.0 Å². The zero-order chi connectivity index (χ0) is 22.6. The number of carbonyl (C=O) groups excluding carboxylic acids is 1. The van der Waals surface area contributed by atoms with Gasteiger partial charge in [0.15, 0.2) is 9.84 Å². The zero-order valence-electron chi connectivity index (χ0n) is 18.2. The third-order valence-corrected chi connectivity index (χ3v) is 10.6. The Balaban J connectivity index is 0.00000272. The minimum atomic E-state index is -3.98. The van der Waals surface area contributed by atoms with E-state index in [-0.39, 0.29) is 63.6 Å². The number of rotatable bonds is 7. The molecule has 2 aromatic rings. The van der Waals surface area contributed by atoms with Crippen LogP contribution < -0.4 is 5.73 Å². The quantitative estimate of drug-likeness (QED) is 0.554. The molecule has 0 atom stereocenters. The lowest BCUT2D eigenvalue weighted by atomic mass is 10.4. The normalized spacial score (nSPS) is 15.3. The summed E-state index contributed by atoms with van der Waals surface area (Å²) in [5.74, 6) is -0.182. The van der Waals surface area contributed by atoms with Crippen molar-refractivity contribution in [1.29, 1.82) is 0 Å². The Bertz CT molecular complexity index is 1150. The molecule has 3 rings (SSSR count). The second kappa shape index (κ2) is 12.5. The molecule has 0 spiro atoms. The van der Waals surface area contributed by atoms with E-state index in [1.807, 2.05) is 4.90 Å². The van der Waals surface area contributed by atoms with E-state index in [0.717, 1.165) is 17.8 Å². The molecule has 1 aromatic heterocycles. The summed E-state index contributed by atoms with van der Waals surface area (Å²) < 4.78 is 52.6. The van der Waals surface area contributed by atoms with Gasteiger partial charge in [0.2, 0.25) is 15.7 Å². The first-order valence-corrected chi connectivity index (χ1v) is 13.9. The second-order valence-corrected chi connectivity index (χ2v) is 12.8. The first-order valence-electron chi connectivity index (χ1n) is 9.98. The second-order valence-electron chi connectivity index (χ2n) is 7.40. The maximum atomic E-state index is 13.1. The number of sulfone groups is 2. The van der Waals surface area contributed by atoms with Gasteiger partial charge in [0.25, 0.3) is 0 Å². The Kier molecular flexibility index (Phi) is 11.3. The first kappa shape index (κ1) is 29.8. The summed E-state index contributed by atoms with van der Waals surface area (Å²) in [6, 6.07) is 8.83. The largest absolute Gasteiger partial charge is 0.342 e. The van der Waals surface area contributed by atoms with Crippen molar-refractivity contribution in [3.63, 3.8) is 0 Å². The lowest BCUT2D eigenvalue weighted by Gasteiger charge is -2.21. The van der Waals surface area contributed by atoms with Crippen molar-refractivity contribution in [3.05, 3.63) is 41.3 Å². The average molecular weight is 559 g/mol. The van der Waals surface area contributed by atoms with Gasteiger partial charge in [0, 0.05) is 44.5 Å². The number of halogens is 2. The van der Waals surface area contributed by atoms with Crippen molar-refractivity contribution in [2.75, 3.05) is 38.5 Å². The fourth-order valence-corrected chi connectivity index (χ4v) is 8.31. The zero-order valence-corrected chi connectivity index (χ0v) is 22.3. The van der Waals surface area contributed by atoms with Crippen LogP contribution in [0.25, 0.3) is 0 Å². The van der Waals surface area contributed by atoms with Gasteiger partial charge in [-0.1, -0.05) is 12.1 Å². The van der Waals surface area contributed by atoms with Gasteiger partial charge in [-0.3, -0.25) is 4.79 Å². The molecule has 2 heterocycles. The standard InChI is InChI=1S/C20H27N3O5S3.2ClH/c1-16(24)23-10-4-9-22(11-12-23)13-14-30(25,26)18-5-2-3-6-19(18)31(27,28)20-8-7-17(15-21)29-20;;/h2-3,5-8H,4,9-15,21H2,1H3;2*1H. The maximum Gasteiger partial charge on any atom is 0.219 e. The molecule has 8 nitrogen and oxygen atoms in total. The van der Waals surface area contributed by atoms with Crippen LogP contribution in [0.4, 0.5) is 0 Å². The van der Waals surface area contributed by atoms with E-state index in [4.69, 9.17) is 5.73 Å². The molecule has 13 heteroatoms. The van der Waals surface area contributed by atoms with Crippen LogP contribution in [0.15, 0.2) is 50.4 Å². The van der Waals surface area contributed by atoms with Gasteiger partial charge in [-0.25, -0.2) is 16.8 Å². The van der Waals surface area contributed by atoms with E-state index in [2.05, 4.69) is 0 Å². The van der Waals surface area contributed by atoms with E-state index < -0.39 is 19.7 Å². The van der Waals surface area contributed by atoms with E-state index in [1.54, 1.807) is 11.0 Å². The molecule has 1 aliphatic heterocycles. The number of thiophene rings is 1. The summed E-state index contributed by atoms with van der Waals surface area (Å²) in [5.41, 5.74) is 5.58. The van der Waals surface area contributed by atoms with Gasteiger partial charge in [-0.2, -0.15) is 0 Å². The molecule has 1 amide bonds. The van der Waals surface area contributed by atoms with Gasteiger partial charge in [0.05, 0.1) is 15.5 Å². The Morgan fingerprint density at radius 1 is 0.970 bits per heavy atom. The minimum absolute atomic E-state index is 0. The molecular formula is C20H29Cl2N3O5S3. The molecule has 0 saturated carbocycles. The van der Waals surface area contributed by atoms with Crippen LogP contribution in [-0.2, 0) is 31.0 Å². The molecule has 1 aromatic carbocycles. The fraction of sp³-hybridized carbons (Fsp3) is 0.450. The van der Waals surface area contributed by atoms with E-state index in [1.165, 1.54) is 37.3 Å². The molecule has 2 N–H and O–H groups in total. The SMILES string of the molecule is CC(=O)N1CCCN(CCS(=O)(=O)c2ccccc2S(=O)(=O)c2ccc(CN)s2)CC1.Cl.Cl. The molecule has 33 heavy (non-hydrogen) atoms. The van der Waals surface area contributed by atoms with Gasteiger partial charge < -0.3 is 15.5 Å². The lowest BCUT2D eigenvalue weighted by Crippen LogP contribution is -2.35. The average Bonchev–Trinajstić information content (AvgIpc) is 3.11. The number of hydrogen-bond donors (Lipinski definition) is 1. The number of nitrogens with two attached hydrogens (primary N) is 1. The predicted molar refractivity (Wildman–Crippen MR) is 134 cm³/mol. The molecule has 1 aliphatic rings. The number of nitrogens with zero attached hydrogens (tertiary/aromatic N) is 2. The maximum absolute atomic E-state index is 13.1. The lowest BCUT2D eigenvalue weighted by molar-refractivity contribution is -0.128. The Hall–Kier alpha value is -1.21. The van der Waals surface area contributed by atoms with Crippen LogP contribution in [0.2, 0.25) is 0 Å². The van der Waals surface area contributed by atoms with Crippen LogP contribution in [0.3, 0.4) is 0 Å². The van der Waals surface area contributed by atoms with Crippen molar-refractivity contribution in [2.24, 2.45) is 5.73 Å². The van der Waals surface area contributed by atoms with Gasteiger partial charge in [-0.15, -0.1) is 36.2 Å². The summed E-state index contributed by atoms with van der Waals surface area (Å²) >= 11 is 1.05. The van der Waals surface area contributed by atoms with E-state index >= 15 is 0 Å².